The van der Waals surface area contributed by atoms with Gasteiger partial charge >= 0.3 is 0 Å². The van der Waals surface area contributed by atoms with Crippen molar-refractivity contribution in [2.24, 2.45) is 7.05 Å². The third kappa shape index (κ3) is 3.32. The number of aryl methyl sites for hydroxylation is 1. The number of rotatable bonds is 6. The number of hydrogen-bond acceptors (Lipinski definition) is 3. The Balaban J connectivity index is 2.60. The molecule has 1 aromatic rings. The maximum absolute atomic E-state index is 5.43. The second-order valence-electron chi connectivity index (χ2n) is 3.76. The van der Waals surface area contributed by atoms with Crippen LogP contribution in [-0.4, -0.2) is 36.1 Å². The van der Waals surface area contributed by atoms with Crippen LogP contribution in [0.2, 0.25) is 0 Å². The van der Waals surface area contributed by atoms with Gasteiger partial charge < -0.3 is 10.1 Å². The van der Waals surface area contributed by atoms with Crippen LogP contribution in [0.15, 0.2) is 12.3 Å². The number of ether oxygens (including phenoxy) is 1. The van der Waals surface area contributed by atoms with Gasteiger partial charge in [0.05, 0.1) is 11.8 Å². The largest absolute Gasteiger partial charge is 0.380 e. The van der Waals surface area contributed by atoms with Crippen LogP contribution in [0.3, 0.4) is 0 Å². The Hall–Kier alpha value is -0.870. The fraction of sp³-hybridized carbons (Fsp3) is 0.727. The Kier molecular flexibility index (Phi) is 4.78. The van der Waals surface area contributed by atoms with Gasteiger partial charge in [-0.15, -0.1) is 0 Å². The first-order chi connectivity index (χ1) is 7.21. The van der Waals surface area contributed by atoms with E-state index in [1.165, 1.54) is 0 Å². The van der Waals surface area contributed by atoms with Crippen molar-refractivity contribution < 1.29 is 4.74 Å². The smallest absolute Gasteiger partial charge is 0.0725 e. The van der Waals surface area contributed by atoms with Crippen LogP contribution < -0.4 is 5.32 Å². The lowest BCUT2D eigenvalue weighted by Crippen LogP contribution is -2.40. The molecule has 0 fully saturated rings. The van der Waals surface area contributed by atoms with Crippen molar-refractivity contribution in [2.75, 3.05) is 14.2 Å². The Labute approximate surface area is 91.6 Å². The van der Waals surface area contributed by atoms with E-state index in [0.29, 0.717) is 6.04 Å². The lowest BCUT2D eigenvalue weighted by molar-refractivity contribution is 0.0674. The minimum Gasteiger partial charge on any atom is -0.380 e. The van der Waals surface area contributed by atoms with Crippen LogP contribution in [0.1, 0.15) is 19.0 Å². The van der Waals surface area contributed by atoms with Crippen molar-refractivity contribution in [1.29, 1.82) is 0 Å². The summed E-state index contributed by atoms with van der Waals surface area (Å²) in [5.41, 5.74) is 1.10. The molecular weight excluding hydrogens is 190 g/mol. The van der Waals surface area contributed by atoms with Crippen molar-refractivity contribution in [3.63, 3.8) is 0 Å². The number of aromatic nitrogens is 2. The Morgan fingerprint density at radius 3 is 2.73 bits per heavy atom. The molecule has 4 nitrogen and oxygen atoms in total. The summed E-state index contributed by atoms with van der Waals surface area (Å²) < 4.78 is 7.26. The molecule has 2 atom stereocenters. The van der Waals surface area contributed by atoms with Gasteiger partial charge in [0.15, 0.2) is 0 Å². The molecule has 4 heteroatoms. The number of methoxy groups -OCH3 is 1. The predicted octanol–water partition coefficient (Wildman–Crippen LogP) is 0.976. The number of likely N-dealkylation sites (N-methyl/N-ethyl adjacent to an activating group) is 1. The summed E-state index contributed by atoms with van der Waals surface area (Å²) in [4.78, 5) is 0. The van der Waals surface area contributed by atoms with E-state index in [4.69, 9.17) is 4.74 Å². The second kappa shape index (κ2) is 5.88. The maximum atomic E-state index is 5.43. The molecule has 0 amide bonds. The summed E-state index contributed by atoms with van der Waals surface area (Å²) in [6.07, 6.45) is 4.13. The van der Waals surface area contributed by atoms with Crippen molar-refractivity contribution in [3.05, 3.63) is 18.0 Å². The van der Waals surface area contributed by atoms with Gasteiger partial charge in [-0.05, 0) is 19.5 Å². The van der Waals surface area contributed by atoms with E-state index >= 15 is 0 Å². The van der Waals surface area contributed by atoms with Crippen molar-refractivity contribution in [1.82, 2.24) is 15.1 Å². The normalized spacial score (nSPS) is 15.2. The summed E-state index contributed by atoms with van der Waals surface area (Å²) in [7, 11) is 5.66. The van der Waals surface area contributed by atoms with Gasteiger partial charge in [-0.1, -0.05) is 6.92 Å². The third-order valence-electron chi connectivity index (χ3n) is 2.72. The molecule has 1 rings (SSSR count). The Morgan fingerprint density at radius 2 is 2.33 bits per heavy atom. The summed E-state index contributed by atoms with van der Waals surface area (Å²) in [6.45, 7) is 2.14. The van der Waals surface area contributed by atoms with Gasteiger partial charge in [0, 0.05) is 32.8 Å². The molecule has 0 aliphatic carbocycles. The third-order valence-corrected chi connectivity index (χ3v) is 2.72. The van der Waals surface area contributed by atoms with E-state index in [1.807, 2.05) is 31.0 Å². The van der Waals surface area contributed by atoms with Gasteiger partial charge in [-0.25, -0.2) is 0 Å². The fourth-order valence-corrected chi connectivity index (χ4v) is 1.83. The first-order valence-electron chi connectivity index (χ1n) is 5.39. The van der Waals surface area contributed by atoms with Crippen molar-refractivity contribution in [2.45, 2.75) is 31.9 Å². The molecule has 0 radical (unpaired) electrons. The number of hydrogen-bond donors (Lipinski definition) is 1. The highest BCUT2D eigenvalue weighted by atomic mass is 16.5. The quantitative estimate of drug-likeness (QED) is 0.762. The van der Waals surface area contributed by atoms with E-state index in [-0.39, 0.29) is 6.10 Å². The first kappa shape index (κ1) is 12.2. The molecule has 0 bridgehead atoms. The van der Waals surface area contributed by atoms with E-state index in [1.54, 1.807) is 7.11 Å². The molecule has 0 spiro atoms. The van der Waals surface area contributed by atoms with E-state index in [0.717, 1.165) is 18.5 Å². The molecule has 0 aromatic carbocycles. The Bertz CT molecular complexity index is 281. The zero-order chi connectivity index (χ0) is 11.3. The zero-order valence-electron chi connectivity index (χ0n) is 10.0. The lowest BCUT2D eigenvalue weighted by atomic mass is 10.0. The van der Waals surface area contributed by atoms with Gasteiger partial charge in [0.1, 0.15) is 0 Å². The van der Waals surface area contributed by atoms with Crippen LogP contribution in [0.25, 0.3) is 0 Å². The van der Waals surface area contributed by atoms with Gasteiger partial charge in [0.25, 0.3) is 0 Å². The van der Waals surface area contributed by atoms with Crippen LogP contribution in [-0.2, 0) is 18.2 Å². The molecule has 1 N–H and O–H groups in total. The highest BCUT2D eigenvalue weighted by Crippen LogP contribution is 2.08. The highest BCUT2D eigenvalue weighted by molar-refractivity contribution is 5.02. The maximum Gasteiger partial charge on any atom is 0.0725 e. The molecule has 86 valence electrons. The SMILES string of the molecule is CCC(OC)C(Cc1ccn(C)n1)NC. The number of nitrogens with one attached hydrogen (secondary N) is 1. The van der Waals surface area contributed by atoms with Crippen LogP contribution in [0, 0.1) is 0 Å². The van der Waals surface area contributed by atoms with E-state index in [2.05, 4.69) is 17.3 Å². The monoisotopic (exact) mass is 211 g/mol. The molecule has 0 aliphatic rings. The van der Waals surface area contributed by atoms with E-state index in [9.17, 15) is 0 Å². The van der Waals surface area contributed by atoms with Gasteiger partial charge in [0.2, 0.25) is 0 Å². The molecule has 0 saturated carbocycles. The zero-order valence-corrected chi connectivity index (χ0v) is 10.0. The number of nitrogens with zero attached hydrogens (tertiary/aromatic N) is 2. The average Bonchev–Trinajstić information content (AvgIpc) is 2.64. The molecular formula is C11H21N3O. The van der Waals surface area contributed by atoms with E-state index < -0.39 is 0 Å². The van der Waals surface area contributed by atoms with Crippen molar-refractivity contribution in [3.8, 4) is 0 Å². The molecule has 15 heavy (non-hydrogen) atoms. The second-order valence-corrected chi connectivity index (χ2v) is 3.76. The summed E-state index contributed by atoms with van der Waals surface area (Å²) in [5, 5.41) is 7.66. The van der Waals surface area contributed by atoms with Crippen LogP contribution >= 0.6 is 0 Å². The molecule has 2 unspecified atom stereocenters. The molecule has 0 aliphatic heterocycles. The molecule has 1 aromatic heterocycles. The summed E-state index contributed by atoms with van der Waals surface area (Å²) in [5.74, 6) is 0. The lowest BCUT2D eigenvalue weighted by Gasteiger charge is -2.23. The molecule has 0 saturated heterocycles. The van der Waals surface area contributed by atoms with Crippen LogP contribution in [0.5, 0.6) is 0 Å². The van der Waals surface area contributed by atoms with Crippen molar-refractivity contribution >= 4 is 0 Å². The first-order valence-corrected chi connectivity index (χ1v) is 5.39. The highest BCUT2D eigenvalue weighted by Gasteiger charge is 2.18. The summed E-state index contributed by atoms with van der Waals surface area (Å²) in [6, 6.07) is 2.38. The van der Waals surface area contributed by atoms with Gasteiger partial charge in [-0.2, -0.15) is 5.10 Å². The fourth-order valence-electron chi connectivity index (χ4n) is 1.83. The summed E-state index contributed by atoms with van der Waals surface area (Å²) >= 11 is 0. The topological polar surface area (TPSA) is 39.1 Å². The minimum atomic E-state index is 0.247. The average molecular weight is 211 g/mol. The minimum absolute atomic E-state index is 0.247. The molecule has 1 heterocycles. The Morgan fingerprint density at radius 1 is 1.60 bits per heavy atom. The van der Waals surface area contributed by atoms with Crippen LogP contribution in [0.4, 0.5) is 0 Å². The predicted molar refractivity (Wildman–Crippen MR) is 60.8 cm³/mol. The standard InChI is InChI=1S/C11H21N3O/c1-5-11(15-4)10(12-2)8-9-6-7-14(3)13-9/h6-7,10-12H,5,8H2,1-4H3. The van der Waals surface area contributed by atoms with Gasteiger partial charge in [-0.3, -0.25) is 4.68 Å².